The number of nitrogens with zero attached hydrogens (tertiary/aromatic N) is 2. The molecule has 0 radical (unpaired) electrons. The molecule has 0 bridgehead atoms. The smallest absolute Gasteiger partial charge is 0.264 e. The van der Waals surface area contributed by atoms with Crippen LogP contribution in [0.1, 0.15) is 5.56 Å². The molecule has 0 aliphatic rings. The van der Waals surface area contributed by atoms with Crippen molar-refractivity contribution in [2.75, 3.05) is 0 Å². The minimum atomic E-state index is -0.369. The molecule has 0 spiro atoms. The van der Waals surface area contributed by atoms with Crippen LogP contribution in [0.5, 0.6) is 0 Å². The van der Waals surface area contributed by atoms with Gasteiger partial charge in [0.15, 0.2) is 0 Å². The summed E-state index contributed by atoms with van der Waals surface area (Å²) in [6, 6.07) is 13.9. The second-order valence-corrected chi connectivity index (χ2v) is 5.90. The van der Waals surface area contributed by atoms with Gasteiger partial charge in [0, 0.05) is 13.1 Å². The number of fused-ring (bicyclic) bond motifs is 1. The zero-order chi connectivity index (χ0) is 16.2. The van der Waals surface area contributed by atoms with Crippen LogP contribution < -0.4 is 10.2 Å². The van der Waals surface area contributed by atoms with E-state index in [1.807, 2.05) is 35.9 Å². The van der Waals surface area contributed by atoms with E-state index in [1.165, 1.54) is 29.5 Å². The summed E-state index contributed by atoms with van der Waals surface area (Å²) in [7, 11) is 1.90. The number of aryl methyl sites for hydroxylation is 1. The maximum absolute atomic E-state index is 13.1. The van der Waals surface area contributed by atoms with Gasteiger partial charge in [0.1, 0.15) is 5.82 Å². The number of nitrogens with one attached hydrogen (secondary N) is 1. The monoisotopic (exact) mass is 327 g/mol. The second-order valence-electron chi connectivity index (χ2n) is 4.89. The number of hydrogen-bond donors (Lipinski definition) is 1. The van der Waals surface area contributed by atoms with Crippen LogP contribution in [0.4, 0.5) is 4.39 Å². The Labute approximate surface area is 136 Å². The van der Waals surface area contributed by atoms with Gasteiger partial charge in [-0.2, -0.15) is 0 Å². The molecule has 0 atom stereocenters. The van der Waals surface area contributed by atoms with E-state index in [9.17, 15) is 9.18 Å². The Hall–Kier alpha value is -2.73. The Balaban J connectivity index is 1.76. The van der Waals surface area contributed by atoms with Crippen LogP contribution in [0.15, 0.2) is 59.7 Å². The van der Waals surface area contributed by atoms with Crippen LogP contribution in [0.2, 0.25) is 0 Å². The molecule has 0 unspecified atom stereocenters. The van der Waals surface area contributed by atoms with Gasteiger partial charge in [-0.1, -0.05) is 35.6 Å². The van der Waals surface area contributed by atoms with Crippen LogP contribution in [0, 0.1) is 5.82 Å². The van der Waals surface area contributed by atoms with Crippen LogP contribution >= 0.6 is 11.3 Å². The highest BCUT2D eigenvalue weighted by molar-refractivity contribution is 7.16. The predicted molar refractivity (Wildman–Crippen MR) is 89.9 cm³/mol. The molecule has 116 valence electrons. The summed E-state index contributed by atoms with van der Waals surface area (Å²) in [5, 5.41) is 4.13. The van der Waals surface area contributed by atoms with Crippen molar-refractivity contribution in [2.45, 2.75) is 0 Å². The Morgan fingerprint density at radius 1 is 1.26 bits per heavy atom. The minimum Gasteiger partial charge on any atom is -0.318 e. The van der Waals surface area contributed by atoms with Crippen LogP contribution in [0.3, 0.4) is 0 Å². The molecule has 3 rings (SSSR count). The molecule has 1 N–H and O–H groups in total. The van der Waals surface area contributed by atoms with E-state index >= 15 is 0 Å². The molecule has 0 aliphatic carbocycles. The van der Waals surface area contributed by atoms with Gasteiger partial charge in [-0.05, 0) is 35.9 Å². The zero-order valence-electron chi connectivity index (χ0n) is 12.4. The SMILES string of the molecule is Cn1/c(=N/NC(=O)/C=C/c2cccc(F)c2)sc2ccccc21. The van der Waals surface area contributed by atoms with E-state index in [-0.39, 0.29) is 11.7 Å². The van der Waals surface area contributed by atoms with E-state index < -0.39 is 0 Å². The number of aromatic nitrogens is 1. The van der Waals surface area contributed by atoms with Crippen LogP contribution in [-0.4, -0.2) is 10.5 Å². The lowest BCUT2D eigenvalue weighted by Crippen LogP contribution is -2.21. The van der Waals surface area contributed by atoms with E-state index in [0.29, 0.717) is 10.4 Å². The van der Waals surface area contributed by atoms with Crippen molar-refractivity contribution < 1.29 is 9.18 Å². The number of benzene rings is 2. The Kier molecular flexibility index (Phi) is 4.34. The van der Waals surface area contributed by atoms with Gasteiger partial charge in [-0.3, -0.25) is 4.79 Å². The largest absolute Gasteiger partial charge is 0.318 e. The lowest BCUT2D eigenvalue weighted by molar-refractivity contribution is -0.116. The van der Waals surface area contributed by atoms with Gasteiger partial charge in [-0.15, -0.1) is 5.10 Å². The number of hydrogen-bond acceptors (Lipinski definition) is 3. The van der Waals surface area contributed by atoms with E-state index in [4.69, 9.17) is 0 Å². The summed E-state index contributed by atoms with van der Waals surface area (Å²) in [5.41, 5.74) is 4.16. The molecule has 2 aromatic carbocycles. The van der Waals surface area contributed by atoms with Crippen molar-refractivity contribution >= 4 is 33.5 Å². The summed E-state index contributed by atoms with van der Waals surface area (Å²) >= 11 is 1.49. The number of carbonyl (C=O) groups excluding carboxylic acids is 1. The van der Waals surface area contributed by atoms with Crippen molar-refractivity contribution in [3.8, 4) is 0 Å². The summed E-state index contributed by atoms with van der Waals surface area (Å²) in [6.07, 6.45) is 2.87. The molecule has 1 amide bonds. The minimum absolute atomic E-state index is 0.338. The predicted octanol–water partition coefficient (Wildman–Crippen LogP) is 3.02. The van der Waals surface area contributed by atoms with Gasteiger partial charge in [0.2, 0.25) is 4.80 Å². The molecule has 4 nitrogen and oxygen atoms in total. The topological polar surface area (TPSA) is 46.4 Å². The fourth-order valence-corrected chi connectivity index (χ4v) is 3.09. The summed E-state index contributed by atoms with van der Waals surface area (Å²) in [6.45, 7) is 0. The van der Waals surface area contributed by atoms with Crippen LogP contribution in [0.25, 0.3) is 16.3 Å². The normalized spacial score (nSPS) is 12.2. The number of rotatable bonds is 3. The molecule has 3 aromatic rings. The second kappa shape index (κ2) is 6.58. The van der Waals surface area contributed by atoms with Gasteiger partial charge in [0.05, 0.1) is 10.2 Å². The lowest BCUT2D eigenvalue weighted by atomic mass is 10.2. The van der Waals surface area contributed by atoms with Crippen molar-refractivity contribution in [3.63, 3.8) is 0 Å². The first kappa shape index (κ1) is 15.2. The summed E-state index contributed by atoms with van der Waals surface area (Å²) in [5.74, 6) is -0.707. The Morgan fingerprint density at radius 2 is 2.09 bits per heavy atom. The average Bonchev–Trinajstić information content (AvgIpc) is 2.88. The van der Waals surface area contributed by atoms with Gasteiger partial charge < -0.3 is 4.57 Å². The third kappa shape index (κ3) is 3.54. The standard InChI is InChI=1S/C17H14FN3OS/c1-21-14-7-2-3-8-15(14)23-17(21)20-19-16(22)10-9-12-5-4-6-13(18)11-12/h2-11H,1H3,(H,19,22)/b10-9+,20-17-. The maximum Gasteiger partial charge on any atom is 0.264 e. The molecule has 23 heavy (non-hydrogen) atoms. The molecule has 0 fully saturated rings. The molecular formula is C17H14FN3OS. The number of halogens is 1. The maximum atomic E-state index is 13.1. The summed E-state index contributed by atoms with van der Waals surface area (Å²) in [4.78, 5) is 12.5. The number of para-hydroxylation sites is 1. The van der Waals surface area contributed by atoms with Gasteiger partial charge >= 0.3 is 0 Å². The average molecular weight is 327 g/mol. The van der Waals surface area contributed by atoms with E-state index in [2.05, 4.69) is 10.5 Å². The number of thiazole rings is 1. The highest BCUT2D eigenvalue weighted by atomic mass is 32.1. The third-order valence-corrected chi connectivity index (χ3v) is 4.37. The first-order valence-corrected chi connectivity index (χ1v) is 7.77. The van der Waals surface area contributed by atoms with Crippen molar-refractivity contribution in [2.24, 2.45) is 12.1 Å². The van der Waals surface area contributed by atoms with E-state index in [0.717, 1.165) is 10.2 Å². The van der Waals surface area contributed by atoms with Crippen molar-refractivity contribution in [1.82, 2.24) is 9.99 Å². The first-order valence-electron chi connectivity index (χ1n) is 6.95. The molecule has 1 aromatic heterocycles. The molecule has 1 heterocycles. The molecule has 0 saturated carbocycles. The lowest BCUT2D eigenvalue weighted by Gasteiger charge is -1.96. The third-order valence-electron chi connectivity index (χ3n) is 3.25. The summed E-state index contributed by atoms with van der Waals surface area (Å²) < 4.78 is 16.1. The molecule has 0 saturated heterocycles. The fraction of sp³-hybridized carbons (Fsp3) is 0.0588. The number of carbonyl (C=O) groups is 1. The Morgan fingerprint density at radius 3 is 2.87 bits per heavy atom. The quantitative estimate of drug-likeness (QED) is 0.583. The highest BCUT2D eigenvalue weighted by Gasteiger charge is 2.01. The van der Waals surface area contributed by atoms with Gasteiger partial charge in [0.25, 0.3) is 5.91 Å². The highest BCUT2D eigenvalue weighted by Crippen LogP contribution is 2.14. The first-order chi connectivity index (χ1) is 11.1. The van der Waals surface area contributed by atoms with Crippen molar-refractivity contribution in [3.05, 3.63) is 70.8 Å². The van der Waals surface area contributed by atoms with Gasteiger partial charge in [-0.25, -0.2) is 9.82 Å². The Bertz CT molecular complexity index is 956. The molecular weight excluding hydrogens is 313 g/mol. The van der Waals surface area contributed by atoms with E-state index in [1.54, 1.807) is 18.2 Å². The zero-order valence-corrected chi connectivity index (χ0v) is 13.2. The molecule has 6 heteroatoms. The fourth-order valence-electron chi connectivity index (χ4n) is 2.11. The van der Waals surface area contributed by atoms with Crippen molar-refractivity contribution in [1.29, 1.82) is 0 Å². The van der Waals surface area contributed by atoms with Crippen LogP contribution in [-0.2, 0) is 11.8 Å². The molecule has 0 aliphatic heterocycles. The number of amides is 1.